The average molecular weight is 635 g/mol. The van der Waals surface area contributed by atoms with Crippen molar-refractivity contribution in [2.24, 2.45) is 0 Å². The van der Waals surface area contributed by atoms with E-state index >= 15 is 0 Å². The van der Waals surface area contributed by atoms with Gasteiger partial charge in [-0.25, -0.2) is 4.68 Å². The molecule has 0 aliphatic carbocycles. The first-order chi connectivity index (χ1) is 19.9. The molecule has 2 N–H and O–H groups in total. The second kappa shape index (κ2) is 12.8. The Labute approximate surface area is 252 Å². The van der Waals surface area contributed by atoms with Gasteiger partial charge in [0.25, 0.3) is 5.91 Å². The molecule has 2 heterocycles. The van der Waals surface area contributed by atoms with Crippen LogP contribution in [-0.2, 0) is 11.2 Å². The number of nitrogens with zero attached hydrogens (tertiary/aromatic N) is 3. The van der Waals surface area contributed by atoms with Crippen LogP contribution >= 0.6 is 27.7 Å². The van der Waals surface area contributed by atoms with Gasteiger partial charge in [-0.05, 0) is 76.5 Å². The number of methoxy groups -OCH3 is 1. The van der Waals surface area contributed by atoms with Crippen LogP contribution in [0.1, 0.15) is 36.6 Å². The standard InChI is InChI=1S/C31H32BrN5O3S/c1-5-41-31-35-30-33-20(3)26(29(38)34-23-13-9-10-19(2)16-23)27(37(30)36-31)22-17-24(32)28(25(18-22)39-4)40-15-14-21-11-7-6-8-12-21/h6-13,16-18,27H,5,14-15H2,1-4H3,(H,34,38)(H,33,35,36). The Morgan fingerprint density at radius 3 is 2.66 bits per heavy atom. The fraction of sp³-hybridized carbons (Fsp3) is 0.258. The van der Waals surface area contributed by atoms with E-state index < -0.39 is 6.04 Å². The van der Waals surface area contributed by atoms with E-state index in [1.54, 1.807) is 23.6 Å². The first-order valence-corrected chi connectivity index (χ1v) is 15.1. The molecular weight excluding hydrogens is 602 g/mol. The van der Waals surface area contributed by atoms with Crippen LogP contribution in [0.15, 0.2) is 87.6 Å². The van der Waals surface area contributed by atoms with Crippen molar-refractivity contribution in [2.45, 2.75) is 38.4 Å². The van der Waals surface area contributed by atoms with E-state index in [0.29, 0.717) is 40.5 Å². The van der Waals surface area contributed by atoms with E-state index in [-0.39, 0.29) is 5.91 Å². The second-order valence-electron chi connectivity index (χ2n) is 9.60. The van der Waals surface area contributed by atoms with Gasteiger partial charge >= 0.3 is 0 Å². The van der Waals surface area contributed by atoms with Crippen LogP contribution in [0.4, 0.5) is 11.6 Å². The molecular formula is C31H32BrN5O3S. The predicted octanol–water partition coefficient (Wildman–Crippen LogP) is 7.02. The molecule has 1 aliphatic heterocycles. The van der Waals surface area contributed by atoms with Crippen molar-refractivity contribution in [3.63, 3.8) is 0 Å². The zero-order chi connectivity index (χ0) is 28.9. The fourth-order valence-electron chi connectivity index (χ4n) is 4.80. The summed E-state index contributed by atoms with van der Waals surface area (Å²) in [5.74, 6) is 2.34. The van der Waals surface area contributed by atoms with Crippen molar-refractivity contribution in [2.75, 3.05) is 30.1 Å². The lowest BCUT2D eigenvalue weighted by Crippen LogP contribution is -2.31. The molecule has 1 amide bonds. The van der Waals surface area contributed by atoms with Crippen molar-refractivity contribution in [3.8, 4) is 11.5 Å². The van der Waals surface area contributed by atoms with Crippen LogP contribution in [0.3, 0.4) is 0 Å². The summed E-state index contributed by atoms with van der Waals surface area (Å²) in [6.45, 7) is 6.42. The number of aryl methyl sites for hydroxylation is 1. The number of halogens is 1. The number of ether oxygens (including phenoxy) is 2. The fourth-order valence-corrected chi connectivity index (χ4v) is 5.93. The average Bonchev–Trinajstić information content (AvgIpc) is 3.35. The molecule has 0 spiro atoms. The van der Waals surface area contributed by atoms with E-state index in [0.717, 1.165) is 33.5 Å². The SMILES string of the molecule is CCSc1nc2n(n1)C(c1cc(Br)c(OCCc3ccccc3)c(OC)c1)C(C(=O)Nc1cccc(C)c1)=C(C)N2. The van der Waals surface area contributed by atoms with Crippen LogP contribution < -0.4 is 20.1 Å². The molecule has 1 unspecified atom stereocenters. The smallest absolute Gasteiger partial charge is 0.255 e. The first kappa shape index (κ1) is 28.8. The summed E-state index contributed by atoms with van der Waals surface area (Å²) in [6.07, 6.45) is 0.762. The van der Waals surface area contributed by atoms with Crippen LogP contribution in [-0.4, -0.2) is 40.1 Å². The number of hydrogen-bond acceptors (Lipinski definition) is 7. The lowest BCUT2D eigenvalue weighted by atomic mass is 9.94. The van der Waals surface area contributed by atoms with E-state index in [9.17, 15) is 4.79 Å². The number of allylic oxidation sites excluding steroid dienone is 1. The number of fused-ring (bicyclic) bond motifs is 1. The van der Waals surface area contributed by atoms with Gasteiger partial charge in [0.05, 0.1) is 23.8 Å². The van der Waals surface area contributed by atoms with Crippen molar-refractivity contribution >= 4 is 45.2 Å². The topological polar surface area (TPSA) is 90.3 Å². The highest BCUT2D eigenvalue weighted by molar-refractivity contribution is 9.10. The third-order valence-electron chi connectivity index (χ3n) is 6.67. The van der Waals surface area contributed by atoms with Crippen LogP contribution in [0.2, 0.25) is 0 Å². The maximum absolute atomic E-state index is 13.9. The number of thioether (sulfide) groups is 1. The van der Waals surface area contributed by atoms with Gasteiger partial charge in [-0.3, -0.25) is 4.79 Å². The summed E-state index contributed by atoms with van der Waals surface area (Å²) < 4.78 is 14.5. The van der Waals surface area contributed by atoms with Crippen LogP contribution in [0.25, 0.3) is 0 Å². The Bertz CT molecular complexity index is 1590. The molecule has 0 fully saturated rings. The summed E-state index contributed by atoms with van der Waals surface area (Å²) in [5, 5.41) is 11.8. The number of anilines is 2. The van der Waals surface area contributed by atoms with Gasteiger partial charge in [0, 0.05) is 17.8 Å². The Balaban J connectivity index is 1.52. The summed E-state index contributed by atoms with van der Waals surface area (Å²) in [4.78, 5) is 18.5. The molecule has 0 saturated heterocycles. The zero-order valence-electron chi connectivity index (χ0n) is 23.4. The van der Waals surface area contributed by atoms with Gasteiger partial charge in [0.2, 0.25) is 11.1 Å². The first-order valence-electron chi connectivity index (χ1n) is 13.4. The quantitative estimate of drug-likeness (QED) is 0.181. The second-order valence-corrected chi connectivity index (χ2v) is 11.7. The number of hydrogen-bond donors (Lipinski definition) is 2. The van der Waals surface area contributed by atoms with Crippen molar-refractivity contribution in [1.29, 1.82) is 0 Å². The lowest BCUT2D eigenvalue weighted by molar-refractivity contribution is -0.113. The monoisotopic (exact) mass is 633 g/mol. The van der Waals surface area contributed by atoms with E-state index in [2.05, 4.69) is 50.6 Å². The Kier molecular flexibility index (Phi) is 8.99. The molecule has 0 bridgehead atoms. The number of benzene rings is 3. The number of amides is 1. The van der Waals surface area contributed by atoms with Gasteiger partial charge in [-0.2, -0.15) is 4.98 Å². The molecule has 212 valence electrons. The van der Waals surface area contributed by atoms with Crippen molar-refractivity contribution in [3.05, 3.63) is 99.2 Å². The number of rotatable bonds is 10. The van der Waals surface area contributed by atoms with Gasteiger partial charge < -0.3 is 20.1 Å². The van der Waals surface area contributed by atoms with Gasteiger partial charge in [0.15, 0.2) is 11.5 Å². The van der Waals surface area contributed by atoms with Crippen molar-refractivity contribution < 1.29 is 14.3 Å². The maximum Gasteiger partial charge on any atom is 0.255 e. The highest BCUT2D eigenvalue weighted by atomic mass is 79.9. The number of aromatic nitrogens is 3. The number of carbonyl (C=O) groups is 1. The molecule has 0 saturated carbocycles. The molecule has 5 rings (SSSR count). The normalized spacial score (nSPS) is 14.3. The molecule has 41 heavy (non-hydrogen) atoms. The van der Waals surface area contributed by atoms with Crippen LogP contribution in [0.5, 0.6) is 11.5 Å². The summed E-state index contributed by atoms with van der Waals surface area (Å²) in [7, 11) is 1.61. The molecule has 4 aromatic rings. The highest BCUT2D eigenvalue weighted by Crippen LogP contribution is 2.43. The Morgan fingerprint density at radius 2 is 1.93 bits per heavy atom. The van der Waals surface area contributed by atoms with Gasteiger partial charge in [0.1, 0.15) is 6.04 Å². The summed E-state index contributed by atoms with van der Waals surface area (Å²) >= 11 is 5.25. The minimum Gasteiger partial charge on any atom is -0.493 e. The summed E-state index contributed by atoms with van der Waals surface area (Å²) in [6, 6.07) is 21.2. The molecule has 8 nitrogen and oxygen atoms in total. The molecule has 3 aromatic carbocycles. The van der Waals surface area contributed by atoms with E-state index in [1.807, 2.05) is 68.4 Å². The third-order valence-corrected chi connectivity index (χ3v) is 7.98. The van der Waals surface area contributed by atoms with Gasteiger partial charge in [-0.15, -0.1) is 5.10 Å². The Hall–Kier alpha value is -3.76. The molecule has 1 aromatic heterocycles. The van der Waals surface area contributed by atoms with E-state index in [1.165, 1.54) is 5.56 Å². The van der Waals surface area contributed by atoms with Gasteiger partial charge in [-0.1, -0.05) is 61.2 Å². The summed E-state index contributed by atoms with van der Waals surface area (Å²) in [5.41, 5.74) is 5.01. The Morgan fingerprint density at radius 1 is 1.12 bits per heavy atom. The third kappa shape index (κ3) is 6.44. The largest absolute Gasteiger partial charge is 0.493 e. The molecule has 0 radical (unpaired) electrons. The minimum absolute atomic E-state index is 0.227. The maximum atomic E-state index is 13.9. The molecule has 10 heteroatoms. The van der Waals surface area contributed by atoms with Crippen LogP contribution in [0, 0.1) is 6.92 Å². The zero-order valence-corrected chi connectivity index (χ0v) is 25.8. The minimum atomic E-state index is -0.557. The number of nitrogens with one attached hydrogen (secondary N) is 2. The van der Waals surface area contributed by atoms with E-state index in [4.69, 9.17) is 14.6 Å². The lowest BCUT2D eigenvalue weighted by Gasteiger charge is -2.29. The molecule has 1 atom stereocenters. The molecule has 1 aliphatic rings. The highest BCUT2D eigenvalue weighted by Gasteiger charge is 2.35. The number of carbonyl (C=O) groups excluding carboxylic acids is 1. The predicted molar refractivity (Wildman–Crippen MR) is 167 cm³/mol. The van der Waals surface area contributed by atoms with Crippen molar-refractivity contribution in [1.82, 2.24) is 14.8 Å².